The average molecular weight is 350 g/mol. The number of phenolic OH excluding ortho intramolecular Hbond substituents is 1. The van der Waals surface area contributed by atoms with Crippen LogP contribution in [0.5, 0.6) is 5.75 Å². The molecule has 5 nitrogen and oxygen atoms in total. The third-order valence-electron chi connectivity index (χ3n) is 2.75. The van der Waals surface area contributed by atoms with Gasteiger partial charge in [0.25, 0.3) is 5.91 Å². The second kappa shape index (κ2) is 6.41. The fourth-order valence-corrected chi connectivity index (χ4v) is 2.09. The van der Waals surface area contributed by atoms with Gasteiger partial charge in [0.2, 0.25) is 0 Å². The summed E-state index contributed by atoms with van der Waals surface area (Å²) in [6, 6.07) is 10.9. The molecule has 0 atom stereocenters. The Hall–Kier alpha value is -2.34. The van der Waals surface area contributed by atoms with Gasteiger partial charge < -0.3 is 15.2 Å². The van der Waals surface area contributed by atoms with Crippen molar-refractivity contribution in [3.63, 3.8) is 0 Å². The van der Waals surface area contributed by atoms with Crippen molar-refractivity contribution in [2.45, 2.75) is 0 Å². The average Bonchev–Trinajstić information content (AvgIpc) is 2.46. The van der Waals surface area contributed by atoms with Crippen LogP contribution >= 0.6 is 15.9 Å². The van der Waals surface area contributed by atoms with Gasteiger partial charge in [0, 0.05) is 10.2 Å². The molecule has 0 aliphatic carbocycles. The highest BCUT2D eigenvalue weighted by molar-refractivity contribution is 9.10. The van der Waals surface area contributed by atoms with Crippen LogP contribution < -0.4 is 5.32 Å². The lowest BCUT2D eigenvalue weighted by Crippen LogP contribution is -2.12. The van der Waals surface area contributed by atoms with Crippen LogP contribution in [0.1, 0.15) is 20.7 Å². The third-order valence-corrected chi connectivity index (χ3v) is 3.24. The van der Waals surface area contributed by atoms with Gasteiger partial charge in [-0.15, -0.1) is 0 Å². The van der Waals surface area contributed by atoms with Crippen molar-refractivity contribution in [3.8, 4) is 5.75 Å². The Labute approximate surface area is 129 Å². The predicted octanol–water partition coefficient (Wildman–Crippen LogP) is 3.19. The van der Waals surface area contributed by atoms with Crippen molar-refractivity contribution < 1.29 is 19.4 Å². The lowest BCUT2D eigenvalue weighted by molar-refractivity contribution is 0.0600. The van der Waals surface area contributed by atoms with Crippen LogP contribution in [0.15, 0.2) is 46.9 Å². The van der Waals surface area contributed by atoms with E-state index in [4.69, 9.17) is 0 Å². The summed E-state index contributed by atoms with van der Waals surface area (Å²) in [5, 5.41) is 12.4. The molecule has 0 fully saturated rings. The SMILES string of the molecule is COC(=O)c1cccc(NC(=O)c2ccc(Br)cc2O)c1. The summed E-state index contributed by atoms with van der Waals surface area (Å²) in [5.41, 5.74) is 0.905. The highest BCUT2D eigenvalue weighted by atomic mass is 79.9. The highest BCUT2D eigenvalue weighted by Gasteiger charge is 2.13. The number of halogens is 1. The Bertz CT molecular complexity index is 700. The van der Waals surface area contributed by atoms with Crippen molar-refractivity contribution in [2.75, 3.05) is 12.4 Å². The second-order valence-corrected chi connectivity index (χ2v) is 5.10. The normalized spacial score (nSPS) is 10.0. The van der Waals surface area contributed by atoms with Crippen LogP contribution in [0.3, 0.4) is 0 Å². The molecule has 21 heavy (non-hydrogen) atoms. The van der Waals surface area contributed by atoms with E-state index in [-0.39, 0.29) is 11.3 Å². The van der Waals surface area contributed by atoms with Gasteiger partial charge in [-0.2, -0.15) is 0 Å². The van der Waals surface area contributed by atoms with Crippen molar-refractivity contribution in [3.05, 3.63) is 58.1 Å². The van der Waals surface area contributed by atoms with Crippen LogP contribution in [0, 0.1) is 0 Å². The molecule has 2 N–H and O–H groups in total. The van der Waals surface area contributed by atoms with E-state index in [1.165, 1.54) is 25.3 Å². The first kappa shape index (κ1) is 15.1. The number of carbonyl (C=O) groups excluding carboxylic acids is 2. The van der Waals surface area contributed by atoms with Crippen LogP contribution in [0.2, 0.25) is 0 Å². The molecule has 0 aliphatic heterocycles. The number of benzene rings is 2. The minimum atomic E-state index is -0.488. The maximum Gasteiger partial charge on any atom is 0.337 e. The molecule has 0 aliphatic rings. The Morgan fingerprint density at radius 2 is 1.95 bits per heavy atom. The Balaban J connectivity index is 2.21. The smallest absolute Gasteiger partial charge is 0.337 e. The number of aromatic hydroxyl groups is 1. The van der Waals surface area contributed by atoms with Crippen LogP contribution in [0.25, 0.3) is 0 Å². The van der Waals surface area contributed by atoms with Crippen molar-refractivity contribution in [1.82, 2.24) is 0 Å². The molecule has 1 amide bonds. The van der Waals surface area contributed by atoms with Crippen molar-refractivity contribution in [2.24, 2.45) is 0 Å². The van der Waals surface area contributed by atoms with E-state index in [1.54, 1.807) is 24.3 Å². The number of carbonyl (C=O) groups is 2. The first-order valence-corrected chi connectivity index (χ1v) is 6.79. The topological polar surface area (TPSA) is 75.6 Å². The van der Waals surface area contributed by atoms with Gasteiger partial charge in [-0.3, -0.25) is 4.79 Å². The minimum absolute atomic E-state index is 0.133. The van der Waals surface area contributed by atoms with Gasteiger partial charge in [-0.25, -0.2) is 4.79 Å². The molecule has 2 aromatic carbocycles. The Morgan fingerprint density at radius 3 is 2.62 bits per heavy atom. The lowest BCUT2D eigenvalue weighted by Gasteiger charge is -2.08. The molecule has 6 heteroatoms. The van der Waals surface area contributed by atoms with E-state index in [1.807, 2.05) is 0 Å². The highest BCUT2D eigenvalue weighted by Crippen LogP contribution is 2.23. The first-order chi connectivity index (χ1) is 10.0. The summed E-state index contributed by atoms with van der Waals surface area (Å²) >= 11 is 3.20. The number of esters is 1. The van der Waals surface area contributed by atoms with E-state index in [0.29, 0.717) is 15.7 Å². The van der Waals surface area contributed by atoms with Crippen LogP contribution in [-0.2, 0) is 4.74 Å². The molecule has 0 saturated carbocycles. The molecule has 2 aromatic rings. The zero-order chi connectivity index (χ0) is 15.4. The number of ether oxygens (including phenoxy) is 1. The molecule has 0 bridgehead atoms. The molecular weight excluding hydrogens is 338 g/mol. The third kappa shape index (κ3) is 3.61. The van der Waals surface area contributed by atoms with Crippen molar-refractivity contribution in [1.29, 1.82) is 0 Å². The summed E-state index contributed by atoms with van der Waals surface area (Å²) < 4.78 is 5.29. The maximum atomic E-state index is 12.1. The number of phenols is 1. The number of rotatable bonds is 3. The van der Waals surface area contributed by atoms with Gasteiger partial charge in [0.1, 0.15) is 5.75 Å². The largest absolute Gasteiger partial charge is 0.507 e. The molecule has 2 rings (SSSR count). The summed E-state index contributed by atoms with van der Waals surface area (Å²) in [4.78, 5) is 23.5. The van der Waals surface area contributed by atoms with E-state index in [0.717, 1.165) is 0 Å². The summed E-state index contributed by atoms with van der Waals surface area (Å²) in [6.45, 7) is 0. The zero-order valence-corrected chi connectivity index (χ0v) is 12.7. The number of nitrogens with one attached hydrogen (secondary N) is 1. The summed E-state index contributed by atoms with van der Waals surface area (Å²) in [7, 11) is 1.29. The van der Waals surface area contributed by atoms with Crippen LogP contribution in [-0.4, -0.2) is 24.1 Å². The fourth-order valence-electron chi connectivity index (χ4n) is 1.74. The molecule has 108 valence electrons. The molecule has 0 heterocycles. The second-order valence-electron chi connectivity index (χ2n) is 4.19. The maximum absolute atomic E-state index is 12.1. The quantitative estimate of drug-likeness (QED) is 0.834. The molecule has 0 radical (unpaired) electrons. The van der Waals surface area contributed by atoms with Gasteiger partial charge in [-0.05, 0) is 36.4 Å². The zero-order valence-electron chi connectivity index (χ0n) is 11.1. The number of hydrogen-bond acceptors (Lipinski definition) is 4. The monoisotopic (exact) mass is 349 g/mol. The number of amides is 1. The fraction of sp³-hybridized carbons (Fsp3) is 0.0667. The standard InChI is InChI=1S/C15H12BrNO4/c1-21-15(20)9-3-2-4-11(7-9)17-14(19)12-6-5-10(16)8-13(12)18/h2-8,18H,1H3,(H,17,19). The molecule has 0 saturated heterocycles. The summed E-state index contributed by atoms with van der Waals surface area (Å²) in [6.07, 6.45) is 0. The molecule has 0 unspecified atom stereocenters. The van der Waals surface area contributed by atoms with E-state index in [2.05, 4.69) is 26.0 Å². The first-order valence-electron chi connectivity index (χ1n) is 5.99. The molecular formula is C15H12BrNO4. The number of hydrogen-bond donors (Lipinski definition) is 2. The summed E-state index contributed by atoms with van der Waals surface area (Å²) in [5.74, 6) is -1.09. The van der Waals surface area contributed by atoms with E-state index < -0.39 is 11.9 Å². The van der Waals surface area contributed by atoms with Crippen molar-refractivity contribution >= 4 is 33.5 Å². The van der Waals surface area contributed by atoms with Gasteiger partial charge in [-0.1, -0.05) is 22.0 Å². The van der Waals surface area contributed by atoms with Gasteiger partial charge in [0.15, 0.2) is 0 Å². The minimum Gasteiger partial charge on any atom is -0.507 e. The number of methoxy groups -OCH3 is 1. The van der Waals surface area contributed by atoms with Crippen LogP contribution in [0.4, 0.5) is 5.69 Å². The molecule has 0 spiro atoms. The van der Waals surface area contributed by atoms with Gasteiger partial charge in [0.05, 0.1) is 18.2 Å². The Kier molecular flexibility index (Phi) is 4.59. The Morgan fingerprint density at radius 1 is 1.19 bits per heavy atom. The van der Waals surface area contributed by atoms with Gasteiger partial charge >= 0.3 is 5.97 Å². The number of anilines is 1. The van der Waals surface area contributed by atoms with E-state index >= 15 is 0 Å². The lowest BCUT2D eigenvalue weighted by atomic mass is 10.1. The molecule has 0 aromatic heterocycles. The predicted molar refractivity (Wildman–Crippen MR) is 81.5 cm³/mol. The van der Waals surface area contributed by atoms with E-state index in [9.17, 15) is 14.7 Å².